The van der Waals surface area contributed by atoms with Gasteiger partial charge in [-0.15, -0.1) is 11.3 Å². The van der Waals surface area contributed by atoms with Gasteiger partial charge in [0.2, 0.25) is 0 Å². The van der Waals surface area contributed by atoms with Gasteiger partial charge in [-0.2, -0.15) is 17.5 Å². The lowest BCUT2D eigenvalue weighted by atomic mass is 10.0. The molecule has 2 aromatic carbocycles. The maximum Gasteiger partial charge on any atom is 0.416 e. The second kappa shape index (κ2) is 10.5. The number of carbonyl (C=O) groups is 1. The van der Waals surface area contributed by atoms with Gasteiger partial charge < -0.3 is 4.74 Å². The molecule has 0 N–H and O–H groups in total. The summed E-state index contributed by atoms with van der Waals surface area (Å²) >= 11 is 1.03. The van der Waals surface area contributed by atoms with Crippen LogP contribution in [0.1, 0.15) is 36.0 Å². The molecular formula is C24H23F3N2O4S2. The Balaban J connectivity index is 1.33. The molecule has 0 bridgehead atoms. The average Bonchev–Trinajstić information content (AvgIpc) is 3.54. The van der Waals surface area contributed by atoms with E-state index < -0.39 is 27.8 Å². The van der Waals surface area contributed by atoms with Gasteiger partial charge in [0.25, 0.3) is 10.0 Å². The molecule has 4 rings (SSSR count). The molecule has 1 fully saturated rings. The summed E-state index contributed by atoms with van der Waals surface area (Å²) in [5.74, 6) is 0.400. The highest BCUT2D eigenvalue weighted by atomic mass is 32.2. The second-order valence-electron chi connectivity index (χ2n) is 8.19. The van der Waals surface area contributed by atoms with Crippen molar-refractivity contribution in [2.45, 2.75) is 48.7 Å². The normalized spacial score (nSPS) is 16.9. The average molecular weight is 525 g/mol. The van der Waals surface area contributed by atoms with Crippen molar-refractivity contribution >= 4 is 27.1 Å². The number of thiazole rings is 1. The van der Waals surface area contributed by atoms with E-state index in [0.717, 1.165) is 29.0 Å². The van der Waals surface area contributed by atoms with E-state index in [1.807, 2.05) is 6.07 Å². The Morgan fingerprint density at radius 2 is 1.91 bits per heavy atom. The first-order chi connectivity index (χ1) is 16.6. The minimum absolute atomic E-state index is 0.104. The molecule has 11 heteroatoms. The molecule has 1 saturated heterocycles. The molecule has 0 spiro atoms. The van der Waals surface area contributed by atoms with Crippen molar-refractivity contribution in [3.8, 4) is 5.75 Å². The van der Waals surface area contributed by atoms with E-state index in [1.54, 1.807) is 18.2 Å². The van der Waals surface area contributed by atoms with E-state index in [4.69, 9.17) is 4.74 Å². The molecule has 3 aromatic rings. The first-order valence-electron chi connectivity index (χ1n) is 11.0. The fraction of sp³-hybridized carbons (Fsp3) is 0.333. The van der Waals surface area contributed by atoms with Crippen LogP contribution in [-0.4, -0.2) is 36.1 Å². The fourth-order valence-corrected chi connectivity index (χ4v) is 6.58. The Bertz CT molecular complexity index is 1260. The number of sulfonamides is 1. The topological polar surface area (TPSA) is 76.6 Å². The molecule has 1 atom stereocenters. The largest absolute Gasteiger partial charge is 0.489 e. The molecule has 0 aliphatic carbocycles. The van der Waals surface area contributed by atoms with E-state index in [-0.39, 0.29) is 23.0 Å². The number of alkyl halides is 3. The molecule has 1 aromatic heterocycles. The molecule has 6 nitrogen and oxygen atoms in total. The molecule has 0 unspecified atom stereocenters. The molecule has 0 radical (unpaired) electrons. The van der Waals surface area contributed by atoms with Gasteiger partial charge in [-0.1, -0.05) is 24.3 Å². The van der Waals surface area contributed by atoms with E-state index in [0.29, 0.717) is 37.1 Å². The third-order valence-corrected chi connectivity index (χ3v) is 8.95. The van der Waals surface area contributed by atoms with Crippen LogP contribution in [0.2, 0.25) is 0 Å². The summed E-state index contributed by atoms with van der Waals surface area (Å²) < 4.78 is 70.9. The number of Topliss-reactive ketones (excluding diaryl/α,β-unsaturated/α-hetero) is 1. The highest BCUT2D eigenvalue weighted by Crippen LogP contribution is 2.30. The van der Waals surface area contributed by atoms with Crippen LogP contribution >= 0.6 is 11.3 Å². The van der Waals surface area contributed by atoms with Gasteiger partial charge in [-0.05, 0) is 54.7 Å². The van der Waals surface area contributed by atoms with Crippen LogP contribution in [0.4, 0.5) is 13.2 Å². The number of aromatic nitrogens is 1. The lowest BCUT2D eigenvalue weighted by Gasteiger charge is -2.22. The van der Waals surface area contributed by atoms with Gasteiger partial charge in [0.1, 0.15) is 12.4 Å². The van der Waals surface area contributed by atoms with Crippen molar-refractivity contribution in [2.24, 2.45) is 0 Å². The van der Waals surface area contributed by atoms with E-state index >= 15 is 0 Å². The van der Waals surface area contributed by atoms with Crippen LogP contribution in [0.25, 0.3) is 0 Å². The number of ether oxygens (including phenoxy) is 1. The summed E-state index contributed by atoms with van der Waals surface area (Å²) in [7, 11) is -3.74. The number of nitrogens with zero attached hydrogens (tertiary/aromatic N) is 2. The van der Waals surface area contributed by atoms with Crippen molar-refractivity contribution in [1.29, 1.82) is 0 Å². The Labute approximate surface area is 205 Å². The molecule has 1 aliphatic heterocycles. The Morgan fingerprint density at radius 1 is 1.14 bits per heavy atom. The quantitative estimate of drug-likeness (QED) is 0.390. The number of hydrogen-bond donors (Lipinski definition) is 0. The van der Waals surface area contributed by atoms with E-state index in [1.165, 1.54) is 28.1 Å². The minimum atomic E-state index is -4.38. The zero-order chi connectivity index (χ0) is 25.1. The van der Waals surface area contributed by atoms with Gasteiger partial charge in [-0.3, -0.25) is 9.78 Å². The summed E-state index contributed by atoms with van der Waals surface area (Å²) in [6.45, 7) is 0.414. The zero-order valence-electron chi connectivity index (χ0n) is 18.6. The summed E-state index contributed by atoms with van der Waals surface area (Å²) in [5.41, 5.74) is 2.18. The summed E-state index contributed by atoms with van der Waals surface area (Å²) in [6.07, 6.45) is -1.36. The van der Waals surface area contributed by atoms with Crippen LogP contribution in [0.3, 0.4) is 0 Å². The van der Waals surface area contributed by atoms with Crippen LogP contribution in [-0.2, 0) is 34.0 Å². The van der Waals surface area contributed by atoms with Gasteiger partial charge in [-0.25, -0.2) is 8.42 Å². The Hall–Kier alpha value is -2.76. The van der Waals surface area contributed by atoms with Crippen molar-refractivity contribution in [1.82, 2.24) is 9.29 Å². The Morgan fingerprint density at radius 3 is 2.60 bits per heavy atom. The number of carbonyl (C=O) groups excluding carboxylic acids is 1. The monoisotopic (exact) mass is 524 g/mol. The molecule has 35 heavy (non-hydrogen) atoms. The van der Waals surface area contributed by atoms with Gasteiger partial charge >= 0.3 is 6.18 Å². The van der Waals surface area contributed by atoms with Crippen molar-refractivity contribution in [3.63, 3.8) is 0 Å². The van der Waals surface area contributed by atoms with E-state index in [9.17, 15) is 26.4 Å². The van der Waals surface area contributed by atoms with Crippen LogP contribution in [0.5, 0.6) is 5.75 Å². The molecular weight excluding hydrogens is 501 g/mol. The lowest BCUT2D eigenvalue weighted by molar-refractivity contribution is -0.137. The highest BCUT2D eigenvalue weighted by molar-refractivity contribution is 7.91. The fourth-order valence-electron chi connectivity index (χ4n) is 3.98. The molecule has 0 saturated carbocycles. The third kappa shape index (κ3) is 6.09. The van der Waals surface area contributed by atoms with Crippen molar-refractivity contribution in [2.75, 3.05) is 6.54 Å². The maximum absolute atomic E-state index is 12.9. The first kappa shape index (κ1) is 25.3. The van der Waals surface area contributed by atoms with Crippen LogP contribution in [0, 0.1) is 0 Å². The van der Waals surface area contributed by atoms with Gasteiger partial charge in [0.15, 0.2) is 9.99 Å². The Kier molecular flexibility index (Phi) is 7.58. The molecule has 1 aliphatic rings. The van der Waals surface area contributed by atoms with Crippen molar-refractivity contribution in [3.05, 3.63) is 76.9 Å². The maximum atomic E-state index is 12.9. The molecule has 2 heterocycles. The zero-order valence-corrected chi connectivity index (χ0v) is 20.2. The van der Waals surface area contributed by atoms with E-state index in [2.05, 4.69) is 4.98 Å². The predicted octanol–water partition coefficient (Wildman–Crippen LogP) is 5.10. The number of halogens is 3. The smallest absolute Gasteiger partial charge is 0.416 e. The first-order valence-corrected chi connectivity index (χ1v) is 13.3. The number of aryl methyl sites for hydroxylation is 1. The molecule has 186 valence electrons. The SMILES string of the molecule is O=C(CCc1cccc(OCc2ccc(C(F)(F)F)cc2)c1)[C@@H]1CCCN1S(=O)(=O)c1cncs1. The highest BCUT2D eigenvalue weighted by Gasteiger charge is 2.39. The second-order valence-corrected chi connectivity index (χ2v) is 11.2. The molecule has 0 amide bonds. The minimum Gasteiger partial charge on any atom is -0.489 e. The predicted molar refractivity (Wildman–Crippen MR) is 125 cm³/mol. The standard InChI is InChI=1S/C24H23F3N2O4S2/c25-24(26,27)19-9-6-18(7-10-19)15-33-20-4-1-3-17(13-20)8-11-22(30)21-5-2-12-29(21)35(31,32)23-14-28-16-34-23/h1,3-4,6-7,9-10,13-14,16,21H,2,5,8,11-12,15H2/t21-/m0/s1. The van der Waals surface area contributed by atoms with Gasteiger partial charge in [0, 0.05) is 13.0 Å². The number of ketones is 1. The summed E-state index contributed by atoms with van der Waals surface area (Å²) in [4.78, 5) is 16.7. The number of rotatable bonds is 9. The third-order valence-electron chi connectivity index (χ3n) is 5.79. The van der Waals surface area contributed by atoms with Gasteiger partial charge in [0.05, 0.1) is 23.3 Å². The van der Waals surface area contributed by atoms with Crippen LogP contribution in [0.15, 0.2) is 64.4 Å². The number of hydrogen-bond acceptors (Lipinski definition) is 6. The number of benzene rings is 2. The summed E-state index contributed by atoms with van der Waals surface area (Å²) in [5, 5.41) is 0. The van der Waals surface area contributed by atoms with Crippen LogP contribution < -0.4 is 4.74 Å². The summed E-state index contributed by atoms with van der Waals surface area (Å²) in [6, 6.07) is 11.2. The lowest BCUT2D eigenvalue weighted by Crippen LogP contribution is -2.40. The van der Waals surface area contributed by atoms with Crippen molar-refractivity contribution < 1.29 is 31.1 Å².